The minimum absolute atomic E-state index is 0.00622. The van der Waals surface area contributed by atoms with Crippen molar-refractivity contribution in [2.75, 3.05) is 12.4 Å². The summed E-state index contributed by atoms with van der Waals surface area (Å²) in [6, 6.07) is 7.98. The first-order valence-corrected chi connectivity index (χ1v) is 9.72. The normalized spacial score (nSPS) is 10.6. The van der Waals surface area contributed by atoms with Crippen LogP contribution in [0.15, 0.2) is 35.4 Å². The van der Waals surface area contributed by atoms with Gasteiger partial charge in [0.1, 0.15) is 5.75 Å². The van der Waals surface area contributed by atoms with E-state index in [9.17, 15) is 24.8 Å². The lowest BCUT2D eigenvalue weighted by molar-refractivity contribution is -0.385. The van der Waals surface area contributed by atoms with Crippen molar-refractivity contribution < 1.29 is 24.4 Å². The molecule has 0 saturated carbocycles. The third-order valence-electron chi connectivity index (χ3n) is 3.96. The van der Waals surface area contributed by atoms with Crippen molar-refractivity contribution in [3.05, 3.63) is 55.1 Å². The molecule has 0 heterocycles. The summed E-state index contributed by atoms with van der Waals surface area (Å²) in [5.74, 6) is -1.31. The van der Waals surface area contributed by atoms with Crippen LogP contribution in [0.4, 0.5) is 11.4 Å². The summed E-state index contributed by atoms with van der Waals surface area (Å²) in [5.41, 5.74) is 3.24. The fourth-order valence-electron chi connectivity index (χ4n) is 2.41. The second-order valence-corrected chi connectivity index (χ2v) is 7.39. The van der Waals surface area contributed by atoms with Gasteiger partial charge < -0.3 is 15.2 Å². The Morgan fingerprint density at radius 3 is 2.60 bits per heavy atom. The highest BCUT2D eigenvalue weighted by atomic mass is 127. The van der Waals surface area contributed by atoms with Crippen molar-refractivity contribution in [2.45, 2.75) is 19.8 Å². The highest BCUT2D eigenvalue weighted by Crippen LogP contribution is 2.33. The molecule has 0 bridgehead atoms. The molecular formula is C19H19IN4O6. The second kappa shape index (κ2) is 10.5. The van der Waals surface area contributed by atoms with E-state index >= 15 is 0 Å². The molecule has 0 aliphatic heterocycles. The number of halogens is 1. The summed E-state index contributed by atoms with van der Waals surface area (Å²) in [4.78, 5) is 34.1. The average Bonchev–Trinajstić information content (AvgIpc) is 2.69. The number of amides is 2. The molecule has 30 heavy (non-hydrogen) atoms. The van der Waals surface area contributed by atoms with Crippen LogP contribution in [0.3, 0.4) is 0 Å². The van der Waals surface area contributed by atoms with Gasteiger partial charge in [0, 0.05) is 27.7 Å². The monoisotopic (exact) mass is 526 g/mol. The number of aromatic hydroxyl groups is 1. The van der Waals surface area contributed by atoms with Crippen LogP contribution in [0.2, 0.25) is 0 Å². The number of nitro benzene ring substituents is 1. The van der Waals surface area contributed by atoms with E-state index in [1.807, 2.05) is 19.1 Å². The van der Waals surface area contributed by atoms with Crippen molar-refractivity contribution in [1.29, 1.82) is 0 Å². The van der Waals surface area contributed by atoms with Gasteiger partial charge >= 0.3 is 5.69 Å². The van der Waals surface area contributed by atoms with E-state index in [0.29, 0.717) is 5.69 Å². The molecule has 0 aliphatic rings. The van der Waals surface area contributed by atoms with E-state index in [1.165, 1.54) is 13.2 Å². The van der Waals surface area contributed by atoms with Gasteiger partial charge in [-0.25, -0.2) is 5.43 Å². The number of carbonyl (C=O) groups is 2. The van der Waals surface area contributed by atoms with E-state index in [4.69, 9.17) is 4.74 Å². The maximum atomic E-state index is 12.0. The lowest BCUT2D eigenvalue weighted by atomic mass is 10.1. The number of methoxy groups -OCH3 is 1. The molecule has 2 rings (SSSR count). The number of phenols is 1. The average molecular weight is 526 g/mol. The minimum Gasteiger partial charge on any atom is -0.502 e. The number of carbonyl (C=O) groups excluding carboxylic acids is 2. The van der Waals surface area contributed by atoms with E-state index in [1.54, 1.807) is 6.07 Å². The number of benzene rings is 2. The predicted octanol–water partition coefficient (Wildman–Crippen LogP) is 3.09. The Morgan fingerprint density at radius 1 is 1.27 bits per heavy atom. The maximum absolute atomic E-state index is 12.0. The number of nitrogens with one attached hydrogen (secondary N) is 2. The van der Waals surface area contributed by atoms with Gasteiger partial charge in [0.2, 0.25) is 17.6 Å². The number of nitro groups is 1. The number of phenolic OH excluding ortho intramolecular Hbond substituents is 1. The van der Waals surface area contributed by atoms with Gasteiger partial charge in [-0.3, -0.25) is 19.7 Å². The molecule has 2 aromatic rings. The number of aryl methyl sites for hydroxylation is 1. The molecule has 0 spiro atoms. The third kappa shape index (κ3) is 6.40. The summed E-state index contributed by atoms with van der Waals surface area (Å²) in [7, 11) is 1.32. The van der Waals surface area contributed by atoms with Crippen molar-refractivity contribution >= 4 is 52.0 Å². The fraction of sp³-hybridized carbons (Fsp3) is 0.211. The van der Waals surface area contributed by atoms with Crippen molar-refractivity contribution in [1.82, 2.24) is 5.43 Å². The minimum atomic E-state index is -0.762. The van der Waals surface area contributed by atoms with Crippen LogP contribution in [0.1, 0.15) is 24.0 Å². The highest BCUT2D eigenvalue weighted by Gasteiger charge is 2.18. The first kappa shape index (κ1) is 23.1. The van der Waals surface area contributed by atoms with E-state index in [2.05, 4.69) is 38.4 Å². The topological polar surface area (TPSA) is 143 Å². The summed E-state index contributed by atoms with van der Waals surface area (Å²) < 4.78 is 6.00. The van der Waals surface area contributed by atoms with Crippen LogP contribution in [-0.2, 0) is 9.59 Å². The first-order valence-electron chi connectivity index (χ1n) is 8.64. The van der Waals surface area contributed by atoms with Crippen molar-refractivity contribution in [3.63, 3.8) is 0 Å². The maximum Gasteiger partial charge on any atom is 0.315 e. The predicted molar refractivity (Wildman–Crippen MR) is 119 cm³/mol. The van der Waals surface area contributed by atoms with Gasteiger partial charge in [0.05, 0.1) is 24.3 Å². The standard InChI is InChI=1S/C19H19IN4O6/c1-11-7-13(20)3-4-15(11)22-17(25)5-6-18(26)23-21-10-12-8-14(30-2)9-16(19(12)27)24(28)29/h3-4,7-10,27H,5-6H2,1-2H3,(H,22,25)(H,23,26). The molecule has 2 aromatic carbocycles. The lowest BCUT2D eigenvalue weighted by Gasteiger charge is -2.08. The number of hydrogen-bond donors (Lipinski definition) is 3. The Labute approximate surface area is 185 Å². The molecule has 11 heteroatoms. The summed E-state index contributed by atoms with van der Waals surface area (Å²) >= 11 is 2.17. The van der Waals surface area contributed by atoms with Crippen LogP contribution in [0.25, 0.3) is 0 Å². The Bertz CT molecular complexity index is 1010. The van der Waals surface area contributed by atoms with Crippen molar-refractivity contribution in [2.24, 2.45) is 5.10 Å². The molecule has 2 amide bonds. The molecule has 0 saturated heterocycles. The van der Waals surface area contributed by atoms with E-state index in [-0.39, 0.29) is 30.1 Å². The molecule has 0 aliphatic carbocycles. The lowest BCUT2D eigenvalue weighted by Crippen LogP contribution is -2.21. The van der Waals surface area contributed by atoms with Gasteiger partial charge in [0.15, 0.2) is 0 Å². The molecule has 0 radical (unpaired) electrons. The van der Waals surface area contributed by atoms with E-state index in [0.717, 1.165) is 21.4 Å². The largest absolute Gasteiger partial charge is 0.502 e. The van der Waals surface area contributed by atoms with Gasteiger partial charge in [-0.2, -0.15) is 5.10 Å². The number of nitrogens with zero attached hydrogens (tertiary/aromatic N) is 2. The van der Waals surface area contributed by atoms with E-state index < -0.39 is 22.3 Å². The molecule has 10 nitrogen and oxygen atoms in total. The summed E-state index contributed by atoms with van der Waals surface area (Å²) in [6.07, 6.45) is 0.886. The fourth-order valence-corrected chi connectivity index (χ4v) is 3.05. The number of anilines is 1. The Kier molecular flexibility index (Phi) is 8.09. The molecule has 0 aromatic heterocycles. The summed E-state index contributed by atoms with van der Waals surface area (Å²) in [6.45, 7) is 1.87. The molecule has 0 fully saturated rings. The number of hydrazone groups is 1. The quantitative estimate of drug-likeness (QED) is 0.209. The Hall–Kier alpha value is -3.22. The number of hydrogen-bond acceptors (Lipinski definition) is 7. The SMILES string of the molecule is COc1cc(C=NNC(=O)CCC(=O)Nc2ccc(I)cc2C)c(O)c([N+](=O)[O-])c1. The zero-order chi connectivity index (χ0) is 22.3. The van der Waals surface area contributed by atoms with Crippen molar-refractivity contribution in [3.8, 4) is 11.5 Å². The van der Waals surface area contributed by atoms with Gasteiger partial charge in [-0.1, -0.05) is 0 Å². The molecule has 0 atom stereocenters. The first-order chi connectivity index (χ1) is 14.2. The zero-order valence-corrected chi connectivity index (χ0v) is 18.3. The number of rotatable bonds is 8. The van der Waals surface area contributed by atoms with Gasteiger partial charge in [-0.15, -0.1) is 0 Å². The second-order valence-electron chi connectivity index (χ2n) is 6.14. The Morgan fingerprint density at radius 2 is 1.97 bits per heavy atom. The molecule has 0 unspecified atom stereocenters. The van der Waals surface area contributed by atoms with Crippen LogP contribution in [0.5, 0.6) is 11.5 Å². The molecular weight excluding hydrogens is 507 g/mol. The van der Waals surface area contributed by atoms with Gasteiger partial charge in [-0.05, 0) is 59.3 Å². The summed E-state index contributed by atoms with van der Waals surface area (Å²) in [5, 5.41) is 27.3. The highest BCUT2D eigenvalue weighted by molar-refractivity contribution is 14.1. The van der Waals surface area contributed by atoms with Crippen LogP contribution in [0, 0.1) is 20.6 Å². The molecule has 158 valence electrons. The van der Waals surface area contributed by atoms with Crippen LogP contribution in [-0.4, -0.2) is 35.2 Å². The third-order valence-corrected chi connectivity index (χ3v) is 4.63. The van der Waals surface area contributed by atoms with Gasteiger partial charge in [0.25, 0.3) is 0 Å². The number of ether oxygens (including phenoxy) is 1. The zero-order valence-electron chi connectivity index (χ0n) is 16.1. The van der Waals surface area contributed by atoms with Crippen LogP contribution < -0.4 is 15.5 Å². The molecule has 3 N–H and O–H groups in total. The smallest absolute Gasteiger partial charge is 0.315 e. The van der Waals surface area contributed by atoms with Crippen LogP contribution >= 0.6 is 22.6 Å². The Balaban J connectivity index is 1.91.